The molecule has 0 aliphatic heterocycles. The smallest absolute Gasteiger partial charge is 0.280 e. The Morgan fingerprint density at radius 1 is 1.61 bits per heavy atom. The summed E-state index contributed by atoms with van der Waals surface area (Å²) in [6.07, 6.45) is 4.52. The van der Waals surface area contributed by atoms with Crippen LogP contribution in [0.4, 0.5) is 5.69 Å². The average Bonchev–Trinajstić information content (AvgIpc) is 2.67. The van der Waals surface area contributed by atoms with Gasteiger partial charge in [-0.15, -0.1) is 12.3 Å². The quantitative estimate of drug-likeness (QED) is 0.495. The maximum Gasteiger partial charge on any atom is 0.280 e. The Labute approximate surface area is 104 Å². The lowest BCUT2D eigenvalue weighted by atomic mass is 9.96. The van der Waals surface area contributed by atoms with Crippen LogP contribution >= 0.6 is 0 Å². The largest absolute Gasteiger partial charge is 0.391 e. The number of ketones is 1. The zero-order chi connectivity index (χ0) is 13.3. The van der Waals surface area contributed by atoms with Crippen LogP contribution in [0.25, 0.3) is 0 Å². The van der Waals surface area contributed by atoms with Crippen LogP contribution in [0.3, 0.4) is 0 Å². The molecule has 0 radical (unpaired) electrons. The van der Waals surface area contributed by atoms with Crippen LogP contribution in [0.2, 0.25) is 0 Å². The van der Waals surface area contributed by atoms with Crippen LogP contribution in [-0.4, -0.2) is 21.9 Å². The van der Waals surface area contributed by atoms with Gasteiger partial charge in [-0.1, -0.05) is 12.1 Å². The van der Waals surface area contributed by atoms with E-state index in [2.05, 4.69) is 5.92 Å². The zero-order valence-electron chi connectivity index (χ0n) is 9.50. The van der Waals surface area contributed by atoms with E-state index < -0.39 is 16.9 Å². The first-order valence-electron chi connectivity index (χ1n) is 5.48. The van der Waals surface area contributed by atoms with E-state index in [0.29, 0.717) is 12.0 Å². The van der Waals surface area contributed by atoms with E-state index in [1.54, 1.807) is 12.1 Å². The molecule has 1 aliphatic rings. The molecular formula is C13H11NO4. The van der Waals surface area contributed by atoms with Crippen molar-refractivity contribution >= 4 is 11.5 Å². The van der Waals surface area contributed by atoms with E-state index in [-0.39, 0.29) is 23.5 Å². The predicted octanol–water partition coefficient (Wildman–Crippen LogP) is 1.33. The van der Waals surface area contributed by atoms with Crippen LogP contribution in [0.1, 0.15) is 22.3 Å². The number of terminal acetylenes is 1. The van der Waals surface area contributed by atoms with Gasteiger partial charge in [-0.25, -0.2) is 0 Å². The lowest BCUT2D eigenvalue weighted by Crippen LogP contribution is -2.25. The Morgan fingerprint density at radius 2 is 2.33 bits per heavy atom. The van der Waals surface area contributed by atoms with Gasteiger partial charge in [0, 0.05) is 12.5 Å². The van der Waals surface area contributed by atoms with Crippen LogP contribution in [0, 0.1) is 28.4 Å². The number of aliphatic hydroxyl groups excluding tert-OH is 1. The molecule has 0 fully saturated rings. The number of benzene rings is 1. The summed E-state index contributed by atoms with van der Waals surface area (Å²) < 4.78 is 0. The summed E-state index contributed by atoms with van der Waals surface area (Å²) in [6.45, 7) is 0. The third kappa shape index (κ3) is 1.87. The lowest BCUT2D eigenvalue weighted by Gasteiger charge is -2.13. The van der Waals surface area contributed by atoms with Gasteiger partial charge in [0.15, 0.2) is 5.78 Å². The molecule has 2 rings (SSSR count). The number of nitro groups is 1. The van der Waals surface area contributed by atoms with Crippen molar-refractivity contribution in [2.75, 3.05) is 0 Å². The number of nitro benzene ring substituents is 1. The molecule has 2 atom stereocenters. The molecule has 1 aromatic rings. The number of nitrogens with zero attached hydrogens (tertiary/aromatic N) is 1. The van der Waals surface area contributed by atoms with E-state index in [1.165, 1.54) is 6.07 Å². The van der Waals surface area contributed by atoms with Gasteiger partial charge in [0.05, 0.1) is 22.5 Å². The summed E-state index contributed by atoms with van der Waals surface area (Å²) in [5.74, 6) is 1.23. The van der Waals surface area contributed by atoms with Gasteiger partial charge in [0.2, 0.25) is 0 Å². The summed E-state index contributed by atoms with van der Waals surface area (Å²) in [4.78, 5) is 22.4. The van der Waals surface area contributed by atoms with Crippen molar-refractivity contribution < 1.29 is 14.8 Å². The number of Topliss-reactive ketones (excluding diaryl/α,β-unsaturated/α-hetero) is 1. The fraction of sp³-hybridized carbons (Fsp3) is 0.308. The molecule has 0 saturated carbocycles. The van der Waals surface area contributed by atoms with E-state index in [4.69, 9.17) is 6.42 Å². The Kier molecular flexibility index (Phi) is 3.13. The minimum absolute atomic E-state index is 0.0677. The van der Waals surface area contributed by atoms with Crippen molar-refractivity contribution in [1.29, 1.82) is 0 Å². The number of aliphatic hydroxyl groups is 1. The highest BCUT2D eigenvalue weighted by atomic mass is 16.6. The Bertz CT molecular complexity index is 559. The first-order chi connectivity index (χ1) is 8.56. The maximum absolute atomic E-state index is 12.1. The second-order valence-corrected chi connectivity index (χ2v) is 4.22. The highest BCUT2D eigenvalue weighted by molar-refractivity contribution is 6.05. The monoisotopic (exact) mass is 245 g/mol. The van der Waals surface area contributed by atoms with Crippen molar-refractivity contribution in [3.63, 3.8) is 0 Å². The Balaban J connectivity index is 2.40. The molecule has 18 heavy (non-hydrogen) atoms. The standard InChI is InChI=1S/C13H11NO4/c1-2-4-11(15)9-7-8-5-3-6-10(14(17)18)12(8)13(9)16/h1,3,5-6,9,11,15H,4,7H2. The SMILES string of the molecule is C#CCC(O)C1Cc2cccc([N+](=O)[O-])c2C1=O. The normalized spacial score (nSPS) is 19.1. The van der Waals surface area contributed by atoms with E-state index >= 15 is 0 Å². The number of fused-ring (bicyclic) bond motifs is 1. The second kappa shape index (κ2) is 4.59. The Morgan fingerprint density at radius 3 is 2.94 bits per heavy atom. The molecule has 1 aliphatic carbocycles. The lowest BCUT2D eigenvalue weighted by molar-refractivity contribution is -0.385. The highest BCUT2D eigenvalue weighted by Gasteiger charge is 2.39. The molecule has 2 unspecified atom stereocenters. The summed E-state index contributed by atoms with van der Waals surface area (Å²) >= 11 is 0. The highest BCUT2D eigenvalue weighted by Crippen LogP contribution is 2.35. The van der Waals surface area contributed by atoms with Crippen molar-refractivity contribution in [1.82, 2.24) is 0 Å². The number of carbonyl (C=O) groups is 1. The molecule has 1 N–H and O–H groups in total. The molecule has 0 heterocycles. The van der Waals surface area contributed by atoms with Gasteiger partial charge in [-0.2, -0.15) is 0 Å². The summed E-state index contributed by atoms with van der Waals surface area (Å²) in [6, 6.07) is 4.51. The summed E-state index contributed by atoms with van der Waals surface area (Å²) in [7, 11) is 0. The van der Waals surface area contributed by atoms with Gasteiger partial charge in [-0.3, -0.25) is 14.9 Å². The second-order valence-electron chi connectivity index (χ2n) is 4.22. The van der Waals surface area contributed by atoms with E-state index in [9.17, 15) is 20.0 Å². The minimum atomic E-state index is -0.950. The molecule has 0 amide bonds. The van der Waals surface area contributed by atoms with Gasteiger partial charge in [0.25, 0.3) is 5.69 Å². The molecule has 0 bridgehead atoms. The van der Waals surface area contributed by atoms with Crippen molar-refractivity contribution in [3.8, 4) is 12.3 Å². The van der Waals surface area contributed by atoms with Crippen molar-refractivity contribution in [2.45, 2.75) is 18.9 Å². The molecule has 92 valence electrons. The average molecular weight is 245 g/mol. The third-order valence-electron chi connectivity index (χ3n) is 3.14. The Hall–Kier alpha value is -2.19. The van der Waals surface area contributed by atoms with E-state index in [0.717, 1.165) is 0 Å². The number of carbonyl (C=O) groups excluding carboxylic acids is 1. The van der Waals surface area contributed by atoms with E-state index in [1.807, 2.05) is 0 Å². The van der Waals surface area contributed by atoms with Gasteiger partial charge < -0.3 is 5.11 Å². The molecular weight excluding hydrogens is 234 g/mol. The fourth-order valence-electron chi connectivity index (χ4n) is 2.28. The zero-order valence-corrected chi connectivity index (χ0v) is 9.50. The van der Waals surface area contributed by atoms with Crippen LogP contribution in [-0.2, 0) is 6.42 Å². The number of rotatable bonds is 3. The topological polar surface area (TPSA) is 80.4 Å². The minimum Gasteiger partial charge on any atom is -0.391 e. The van der Waals surface area contributed by atoms with Crippen molar-refractivity contribution in [3.05, 3.63) is 39.4 Å². The van der Waals surface area contributed by atoms with Crippen LogP contribution < -0.4 is 0 Å². The molecule has 1 aromatic carbocycles. The van der Waals surface area contributed by atoms with Crippen LogP contribution in [0.5, 0.6) is 0 Å². The molecule has 0 spiro atoms. The summed E-state index contributed by atoms with van der Waals surface area (Å²) in [5.41, 5.74) is 0.520. The predicted molar refractivity (Wildman–Crippen MR) is 64.1 cm³/mol. The molecule has 5 heteroatoms. The van der Waals surface area contributed by atoms with Gasteiger partial charge in [0.1, 0.15) is 0 Å². The molecule has 5 nitrogen and oxygen atoms in total. The van der Waals surface area contributed by atoms with Gasteiger partial charge >= 0.3 is 0 Å². The molecule has 0 aromatic heterocycles. The van der Waals surface area contributed by atoms with Gasteiger partial charge in [-0.05, 0) is 12.0 Å². The molecule has 0 saturated heterocycles. The third-order valence-corrected chi connectivity index (χ3v) is 3.14. The maximum atomic E-state index is 12.1. The first kappa shape index (κ1) is 12.3. The van der Waals surface area contributed by atoms with Crippen LogP contribution in [0.15, 0.2) is 18.2 Å². The summed E-state index contributed by atoms with van der Waals surface area (Å²) in [5, 5.41) is 20.7. The van der Waals surface area contributed by atoms with Crippen molar-refractivity contribution in [2.24, 2.45) is 5.92 Å². The first-order valence-corrected chi connectivity index (χ1v) is 5.48. The fourth-order valence-corrected chi connectivity index (χ4v) is 2.28. The number of hydrogen-bond acceptors (Lipinski definition) is 4. The number of hydrogen-bond donors (Lipinski definition) is 1.